The lowest BCUT2D eigenvalue weighted by atomic mass is 9.97. The van der Waals surface area contributed by atoms with Gasteiger partial charge in [-0.15, -0.1) is 5.10 Å². The first kappa shape index (κ1) is 8.59. The molecule has 1 aliphatic heterocycles. The lowest BCUT2D eigenvalue weighted by Crippen LogP contribution is -2.28. The number of rotatable bonds is 1. The molecule has 2 heterocycles. The van der Waals surface area contributed by atoms with Gasteiger partial charge < -0.3 is 5.32 Å². The number of aromatic nitrogens is 2. The number of hydrogen-bond acceptors (Lipinski definition) is 4. The van der Waals surface area contributed by atoms with Crippen LogP contribution in [0.25, 0.3) is 0 Å². The third-order valence-electron chi connectivity index (χ3n) is 2.15. The van der Waals surface area contributed by atoms with Gasteiger partial charge in [0.05, 0.1) is 5.69 Å². The van der Waals surface area contributed by atoms with Crippen LogP contribution >= 0.6 is 27.5 Å². The molecule has 12 heavy (non-hydrogen) atoms. The molecule has 0 amide bonds. The van der Waals surface area contributed by atoms with Gasteiger partial charge in [0.1, 0.15) is 3.79 Å². The topological polar surface area (TPSA) is 37.8 Å². The van der Waals surface area contributed by atoms with Crippen molar-refractivity contribution in [2.45, 2.75) is 18.8 Å². The molecule has 1 N–H and O–H groups in total. The van der Waals surface area contributed by atoms with E-state index in [0.717, 1.165) is 22.6 Å². The number of nitrogens with zero attached hydrogens (tertiary/aromatic N) is 2. The molecule has 0 aromatic carbocycles. The van der Waals surface area contributed by atoms with Crippen molar-refractivity contribution in [1.82, 2.24) is 14.9 Å². The molecule has 66 valence electrons. The lowest BCUT2D eigenvalue weighted by molar-refractivity contribution is 0.453. The zero-order valence-corrected chi connectivity index (χ0v) is 8.99. The van der Waals surface area contributed by atoms with Crippen LogP contribution < -0.4 is 5.32 Å². The van der Waals surface area contributed by atoms with Crippen LogP contribution in [0.3, 0.4) is 0 Å². The average molecular weight is 248 g/mol. The Morgan fingerprint density at radius 1 is 1.58 bits per heavy atom. The summed E-state index contributed by atoms with van der Waals surface area (Å²) in [5.41, 5.74) is 1.13. The summed E-state index contributed by atoms with van der Waals surface area (Å²) in [6.07, 6.45) is 2.48. The quantitative estimate of drug-likeness (QED) is 0.823. The first-order valence-electron chi connectivity index (χ1n) is 4.06. The summed E-state index contributed by atoms with van der Waals surface area (Å²) in [7, 11) is 0. The van der Waals surface area contributed by atoms with Gasteiger partial charge in [-0.1, -0.05) is 4.49 Å². The van der Waals surface area contributed by atoms with E-state index in [9.17, 15) is 0 Å². The molecule has 1 aromatic rings. The maximum atomic E-state index is 4.12. The second-order valence-corrected chi connectivity index (χ2v) is 5.05. The lowest BCUT2D eigenvalue weighted by Gasteiger charge is -2.20. The highest BCUT2D eigenvalue weighted by Crippen LogP contribution is 2.29. The van der Waals surface area contributed by atoms with Crippen molar-refractivity contribution in [3.63, 3.8) is 0 Å². The summed E-state index contributed by atoms with van der Waals surface area (Å²) in [5, 5.41) is 7.49. The Hall–Kier alpha value is -0.0000000000000000763. The zero-order valence-electron chi connectivity index (χ0n) is 6.59. The van der Waals surface area contributed by atoms with E-state index in [1.807, 2.05) is 0 Å². The normalized spacial score (nSPS) is 24.2. The minimum Gasteiger partial charge on any atom is -0.316 e. The van der Waals surface area contributed by atoms with Crippen LogP contribution in [0.5, 0.6) is 0 Å². The Kier molecular flexibility index (Phi) is 2.73. The third kappa shape index (κ3) is 1.67. The van der Waals surface area contributed by atoms with Gasteiger partial charge in [-0.25, -0.2) is 0 Å². The van der Waals surface area contributed by atoms with Gasteiger partial charge in [0.15, 0.2) is 0 Å². The Morgan fingerprint density at radius 2 is 2.50 bits per heavy atom. The number of piperidine rings is 1. The molecule has 0 bridgehead atoms. The number of hydrogen-bond donors (Lipinski definition) is 1. The van der Waals surface area contributed by atoms with Gasteiger partial charge in [-0.05, 0) is 46.8 Å². The zero-order chi connectivity index (χ0) is 8.39. The Balaban J connectivity index is 2.13. The van der Waals surface area contributed by atoms with E-state index in [0.29, 0.717) is 5.92 Å². The molecule has 1 aliphatic rings. The Labute approximate surface area is 83.9 Å². The van der Waals surface area contributed by atoms with E-state index < -0.39 is 0 Å². The van der Waals surface area contributed by atoms with Gasteiger partial charge in [0, 0.05) is 12.5 Å². The van der Waals surface area contributed by atoms with E-state index in [1.54, 1.807) is 0 Å². The van der Waals surface area contributed by atoms with Crippen molar-refractivity contribution < 1.29 is 0 Å². The van der Waals surface area contributed by atoms with E-state index in [-0.39, 0.29) is 0 Å². The first-order chi connectivity index (χ1) is 5.88. The summed E-state index contributed by atoms with van der Waals surface area (Å²) in [6.45, 7) is 2.19. The van der Waals surface area contributed by atoms with Crippen LogP contribution in [0.15, 0.2) is 3.79 Å². The highest BCUT2D eigenvalue weighted by atomic mass is 79.9. The molecule has 0 radical (unpaired) electrons. The van der Waals surface area contributed by atoms with Gasteiger partial charge >= 0.3 is 0 Å². The fourth-order valence-corrected chi connectivity index (χ4v) is 2.61. The van der Waals surface area contributed by atoms with E-state index >= 15 is 0 Å². The van der Waals surface area contributed by atoms with Crippen molar-refractivity contribution in [3.8, 4) is 0 Å². The highest BCUT2D eigenvalue weighted by Gasteiger charge is 2.20. The molecule has 0 spiro atoms. The van der Waals surface area contributed by atoms with Crippen LogP contribution in [0.4, 0.5) is 0 Å². The molecule has 0 aliphatic carbocycles. The van der Waals surface area contributed by atoms with Gasteiger partial charge in [0.2, 0.25) is 0 Å². The molecule has 1 aromatic heterocycles. The maximum absolute atomic E-state index is 4.12. The van der Waals surface area contributed by atoms with Crippen LogP contribution in [0.2, 0.25) is 0 Å². The summed E-state index contributed by atoms with van der Waals surface area (Å²) < 4.78 is 5.01. The second-order valence-electron chi connectivity index (χ2n) is 2.98. The molecule has 0 saturated carbocycles. The monoisotopic (exact) mass is 247 g/mol. The van der Waals surface area contributed by atoms with Crippen molar-refractivity contribution >= 4 is 27.5 Å². The van der Waals surface area contributed by atoms with Crippen molar-refractivity contribution in [2.75, 3.05) is 13.1 Å². The van der Waals surface area contributed by atoms with E-state index in [1.165, 1.54) is 24.4 Å². The highest BCUT2D eigenvalue weighted by molar-refractivity contribution is 9.11. The van der Waals surface area contributed by atoms with Gasteiger partial charge in [0.25, 0.3) is 0 Å². The Bertz CT molecular complexity index is 257. The predicted octanol–water partition coefficient (Wildman–Crippen LogP) is 1.77. The van der Waals surface area contributed by atoms with Gasteiger partial charge in [-0.3, -0.25) is 0 Å². The average Bonchev–Trinajstić information content (AvgIpc) is 2.53. The second kappa shape index (κ2) is 3.81. The van der Waals surface area contributed by atoms with Crippen molar-refractivity contribution in [2.24, 2.45) is 0 Å². The predicted molar refractivity (Wildman–Crippen MR) is 52.5 cm³/mol. The fraction of sp³-hybridized carbons (Fsp3) is 0.714. The number of halogens is 1. The van der Waals surface area contributed by atoms with Crippen LogP contribution in [0, 0.1) is 0 Å². The van der Waals surface area contributed by atoms with Crippen LogP contribution in [0.1, 0.15) is 24.5 Å². The smallest absolute Gasteiger partial charge is 0.114 e. The molecule has 1 saturated heterocycles. The van der Waals surface area contributed by atoms with Crippen LogP contribution in [-0.2, 0) is 0 Å². The van der Waals surface area contributed by atoms with Crippen LogP contribution in [-0.4, -0.2) is 22.7 Å². The molecule has 5 heteroatoms. The summed E-state index contributed by atoms with van der Waals surface area (Å²) >= 11 is 4.89. The Morgan fingerprint density at radius 3 is 3.08 bits per heavy atom. The third-order valence-corrected chi connectivity index (χ3v) is 3.53. The van der Waals surface area contributed by atoms with Crippen molar-refractivity contribution in [1.29, 1.82) is 0 Å². The summed E-state index contributed by atoms with van der Waals surface area (Å²) in [4.78, 5) is 0. The molecule has 1 fully saturated rings. The SMILES string of the molecule is Brc1snnc1C1CCCNC1. The van der Waals surface area contributed by atoms with Crippen molar-refractivity contribution in [3.05, 3.63) is 9.48 Å². The molecule has 1 atom stereocenters. The summed E-state index contributed by atoms with van der Waals surface area (Å²) in [5.74, 6) is 0.562. The number of nitrogens with one attached hydrogen (secondary N) is 1. The van der Waals surface area contributed by atoms with Gasteiger partial charge in [-0.2, -0.15) is 0 Å². The fourth-order valence-electron chi connectivity index (χ4n) is 1.51. The maximum Gasteiger partial charge on any atom is 0.114 e. The molecule has 3 nitrogen and oxygen atoms in total. The minimum absolute atomic E-state index is 0.562. The minimum atomic E-state index is 0.562. The molecular weight excluding hydrogens is 238 g/mol. The van der Waals surface area contributed by atoms with E-state index in [2.05, 4.69) is 30.8 Å². The molecular formula is C7H10BrN3S. The molecule has 2 rings (SSSR count). The largest absolute Gasteiger partial charge is 0.316 e. The van der Waals surface area contributed by atoms with E-state index in [4.69, 9.17) is 0 Å². The first-order valence-corrected chi connectivity index (χ1v) is 5.63. The molecule has 1 unspecified atom stereocenters. The standard InChI is InChI=1S/C7H10BrN3S/c8-7-6(10-11-12-7)5-2-1-3-9-4-5/h5,9H,1-4H2. The summed E-state index contributed by atoms with van der Waals surface area (Å²) in [6, 6.07) is 0.